The van der Waals surface area contributed by atoms with E-state index in [0.717, 1.165) is 0 Å². The summed E-state index contributed by atoms with van der Waals surface area (Å²) in [6.07, 6.45) is -0.622. The van der Waals surface area contributed by atoms with Crippen molar-refractivity contribution in [2.24, 2.45) is 0 Å². The molecule has 0 aliphatic rings. The van der Waals surface area contributed by atoms with Crippen LogP contribution in [0.1, 0.15) is 6.42 Å². The quantitative estimate of drug-likeness (QED) is 0.715. The summed E-state index contributed by atoms with van der Waals surface area (Å²) in [6.45, 7) is 0.188. The number of alkyl halides is 3. The molecule has 0 aromatic carbocycles. The van der Waals surface area contributed by atoms with Gasteiger partial charge in [0.1, 0.15) is 0 Å². The van der Waals surface area contributed by atoms with Crippen molar-refractivity contribution in [3.8, 4) is 0 Å². The van der Waals surface area contributed by atoms with Gasteiger partial charge in [0.25, 0.3) is 0 Å². The van der Waals surface area contributed by atoms with Gasteiger partial charge in [-0.25, -0.2) is 0 Å². The molecular formula is C5H9Cl3O2. The second-order valence-electron chi connectivity index (χ2n) is 1.93. The predicted molar refractivity (Wildman–Crippen MR) is 42.8 cm³/mol. The monoisotopic (exact) mass is 206 g/mol. The molecular weight excluding hydrogens is 198 g/mol. The molecule has 0 amide bonds. The minimum absolute atomic E-state index is 0.0888. The Morgan fingerprint density at radius 1 is 1.50 bits per heavy atom. The summed E-state index contributed by atoms with van der Waals surface area (Å²) in [7, 11) is 1.47. The highest BCUT2D eigenvalue weighted by Gasteiger charge is 2.23. The zero-order chi connectivity index (χ0) is 8.20. The van der Waals surface area contributed by atoms with E-state index in [9.17, 15) is 0 Å². The van der Waals surface area contributed by atoms with Gasteiger partial charge in [-0.1, -0.05) is 34.8 Å². The van der Waals surface area contributed by atoms with Crippen LogP contribution in [0.3, 0.4) is 0 Å². The van der Waals surface area contributed by atoms with Gasteiger partial charge in [-0.3, -0.25) is 0 Å². The minimum Gasteiger partial charge on any atom is -0.391 e. The van der Waals surface area contributed by atoms with Crippen molar-refractivity contribution in [2.45, 2.75) is 16.3 Å². The number of ether oxygens (including phenoxy) is 1. The number of methoxy groups -OCH3 is 1. The lowest BCUT2D eigenvalue weighted by atomic mass is 10.3. The van der Waals surface area contributed by atoms with Crippen LogP contribution < -0.4 is 0 Å². The van der Waals surface area contributed by atoms with E-state index in [4.69, 9.17) is 39.9 Å². The molecule has 62 valence electrons. The first kappa shape index (κ1) is 10.8. The maximum absolute atomic E-state index is 9.01. The first-order valence-corrected chi connectivity index (χ1v) is 3.83. The smallest absolute Gasteiger partial charge is 0.193 e. The predicted octanol–water partition coefficient (Wildman–Crippen LogP) is 1.75. The maximum Gasteiger partial charge on any atom is 0.193 e. The molecule has 1 N–H and O–H groups in total. The van der Waals surface area contributed by atoms with Gasteiger partial charge in [-0.2, -0.15) is 0 Å². The summed E-state index contributed by atoms with van der Waals surface area (Å²) in [6, 6.07) is 0. The van der Waals surface area contributed by atoms with Crippen molar-refractivity contribution in [3.63, 3.8) is 0 Å². The molecule has 5 heteroatoms. The SMILES string of the molecule is COCC(O)CC(Cl)(Cl)Cl. The molecule has 0 spiro atoms. The highest BCUT2D eigenvalue weighted by atomic mass is 35.6. The highest BCUT2D eigenvalue weighted by Crippen LogP contribution is 2.31. The molecule has 0 aromatic heterocycles. The molecule has 2 nitrogen and oxygen atoms in total. The van der Waals surface area contributed by atoms with Crippen molar-refractivity contribution >= 4 is 34.8 Å². The molecule has 0 fully saturated rings. The zero-order valence-corrected chi connectivity index (χ0v) is 7.75. The summed E-state index contributed by atoms with van der Waals surface area (Å²) in [5, 5.41) is 9.01. The molecule has 0 aliphatic heterocycles. The number of aliphatic hydroxyl groups excluding tert-OH is 1. The van der Waals surface area contributed by atoms with E-state index >= 15 is 0 Å². The summed E-state index contributed by atoms with van der Waals surface area (Å²) < 4.78 is 3.23. The first-order chi connectivity index (χ1) is 4.45. The van der Waals surface area contributed by atoms with Crippen molar-refractivity contribution in [1.29, 1.82) is 0 Å². The molecule has 0 bridgehead atoms. The van der Waals surface area contributed by atoms with Crippen LogP contribution in [0.4, 0.5) is 0 Å². The molecule has 0 aromatic rings. The van der Waals surface area contributed by atoms with E-state index in [1.165, 1.54) is 7.11 Å². The van der Waals surface area contributed by atoms with Gasteiger partial charge in [-0.15, -0.1) is 0 Å². The van der Waals surface area contributed by atoms with Gasteiger partial charge in [0.05, 0.1) is 12.7 Å². The van der Waals surface area contributed by atoms with Gasteiger partial charge < -0.3 is 9.84 Å². The first-order valence-electron chi connectivity index (χ1n) is 2.69. The van der Waals surface area contributed by atoms with Crippen molar-refractivity contribution < 1.29 is 9.84 Å². The fourth-order valence-corrected chi connectivity index (χ4v) is 1.05. The molecule has 1 unspecified atom stereocenters. The number of hydrogen-bond acceptors (Lipinski definition) is 2. The molecule has 0 heterocycles. The normalized spacial score (nSPS) is 15.3. The van der Waals surface area contributed by atoms with Gasteiger partial charge in [-0.05, 0) is 0 Å². The molecule has 0 rings (SSSR count). The summed E-state index contributed by atoms with van der Waals surface area (Å²) in [4.78, 5) is 0. The topological polar surface area (TPSA) is 29.5 Å². The van der Waals surface area contributed by atoms with Crippen LogP contribution in [0, 0.1) is 0 Å². The van der Waals surface area contributed by atoms with Gasteiger partial charge in [0.15, 0.2) is 3.79 Å². The third-order valence-corrected chi connectivity index (χ3v) is 1.29. The van der Waals surface area contributed by atoms with Crippen LogP contribution in [0.25, 0.3) is 0 Å². The summed E-state index contributed by atoms with van der Waals surface area (Å²) in [5.74, 6) is 0. The third kappa shape index (κ3) is 6.90. The Balaban J connectivity index is 3.47. The van der Waals surface area contributed by atoms with Crippen molar-refractivity contribution in [2.75, 3.05) is 13.7 Å². The molecule has 0 aliphatic carbocycles. The van der Waals surface area contributed by atoms with E-state index in [1.54, 1.807) is 0 Å². The Bertz CT molecular complexity index is 91.4. The lowest BCUT2D eigenvalue weighted by Gasteiger charge is -2.14. The van der Waals surface area contributed by atoms with Crippen LogP contribution in [0.15, 0.2) is 0 Å². The van der Waals surface area contributed by atoms with Gasteiger partial charge in [0.2, 0.25) is 0 Å². The molecule has 0 radical (unpaired) electrons. The maximum atomic E-state index is 9.01. The average Bonchev–Trinajstić information content (AvgIpc) is 1.59. The lowest BCUT2D eigenvalue weighted by molar-refractivity contribution is 0.0601. The summed E-state index contributed by atoms with van der Waals surface area (Å²) in [5.41, 5.74) is 0. The van der Waals surface area contributed by atoms with Crippen LogP contribution in [-0.2, 0) is 4.74 Å². The van der Waals surface area contributed by atoms with E-state index in [-0.39, 0.29) is 13.0 Å². The van der Waals surface area contributed by atoms with E-state index in [2.05, 4.69) is 4.74 Å². The Morgan fingerprint density at radius 3 is 2.30 bits per heavy atom. The zero-order valence-electron chi connectivity index (χ0n) is 5.48. The Hall–Kier alpha value is 0.790. The van der Waals surface area contributed by atoms with Crippen LogP contribution in [0.2, 0.25) is 0 Å². The van der Waals surface area contributed by atoms with E-state index < -0.39 is 9.90 Å². The summed E-state index contributed by atoms with van der Waals surface area (Å²) >= 11 is 16.1. The minimum atomic E-state index is -1.39. The van der Waals surface area contributed by atoms with Gasteiger partial charge in [0, 0.05) is 13.5 Å². The molecule has 0 saturated heterocycles. The fraction of sp³-hybridized carbons (Fsp3) is 1.00. The average molecular weight is 207 g/mol. The highest BCUT2D eigenvalue weighted by molar-refractivity contribution is 6.67. The Labute approximate surface area is 75.0 Å². The lowest BCUT2D eigenvalue weighted by Crippen LogP contribution is -2.20. The molecule has 0 saturated carbocycles. The standard InChI is InChI=1S/C5H9Cl3O2/c1-10-3-4(9)2-5(6,7)8/h4,9H,2-3H2,1H3. The number of rotatable bonds is 3. The van der Waals surface area contributed by atoms with Gasteiger partial charge >= 0.3 is 0 Å². The Kier molecular flexibility index (Phi) is 4.99. The van der Waals surface area contributed by atoms with Crippen LogP contribution in [0.5, 0.6) is 0 Å². The molecule has 1 atom stereocenters. The Morgan fingerprint density at radius 2 is 2.00 bits per heavy atom. The number of halogens is 3. The van der Waals surface area contributed by atoms with Crippen molar-refractivity contribution in [1.82, 2.24) is 0 Å². The van der Waals surface area contributed by atoms with E-state index in [0.29, 0.717) is 0 Å². The molecule has 10 heavy (non-hydrogen) atoms. The van der Waals surface area contributed by atoms with Crippen LogP contribution >= 0.6 is 34.8 Å². The number of hydrogen-bond donors (Lipinski definition) is 1. The van der Waals surface area contributed by atoms with Crippen molar-refractivity contribution in [3.05, 3.63) is 0 Å². The second-order valence-corrected chi connectivity index (χ2v) is 4.44. The number of aliphatic hydroxyl groups is 1. The van der Waals surface area contributed by atoms with E-state index in [1.807, 2.05) is 0 Å². The fourth-order valence-electron chi connectivity index (χ4n) is 0.518. The van der Waals surface area contributed by atoms with Crippen LogP contribution in [-0.4, -0.2) is 28.7 Å². The largest absolute Gasteiger partial charge is 0.391 e. The second kappa shape index (κ2) is 4.62. The third-order valence-electron chi connectivity index (χ3n) is 0.826.